The van der Waals surface area contributed by atoms with Crippen molar-refractivity contribution in [2.24, 2.45) is 5.92 Å². The molecule has 1 unspecified atom stereocenters. The van der Waals surface area contributed by atoms with E-state index in [1.165, 1.54) is 13.4 Å². The smallest absolute Gasteiger partial charge is 0.310 e. The van der Waals surface area contributed by atoms with Crippen LogP contribution in [0.2, 0.25) is 0 Å². The van der Waals surface area contributed by atoms with Gasteiger partial charge in [0.2, 0.25) is 0 Å². The van der Waals surface area contributed by atoms with E-state index in [0.29, 0.717) is 6.54 Å². The number of aryl methyl sites for hydroxylation is 1. The van der Waals surface area contributed by atoms with E-state index in [2.05, 4.69) is 10.1 Å². The number of hydrogen-bond donors (Lipinski definition) is 0. The molecule has 0 aliphatic rings. The largest absolute Gasteiger partial charge is 0.469 e. The van der Waals surface area contributed by atoms with Gasteiger partial charge in [0.1, 0.15) is 12.1 Å². The summed E-state index contributed by atoms with van der Waals surface area (Å²) >= 11 is 0. The number of carbonyl (C=O) groups excluding carboxylic acids is 1. The van der Waals surface area contributed by atoms with Crippen molar-refractivity contribution in [1.29, 1.82) is 0 Å². The van der Waals surface area contributed by atoms with Gasteiger partial charge >= 0.3 is 5.97 Å². The molecule has 0 N–H and O–H groups in total. The zero-order valence-corrected chi connectivity index (χ0v) is 11.6. The molecule has 0 saturated heterocycles. The lowest BCUT2D eigenvalue weighted by molar-refractivity contribution is -0.144. The highest BCUT2D eigenvalue weighted by atomic mass is 16.5. The van der Waals surface area contributed by atoms with Gasteiger partial charge in [0, 0.05) is 13.6 Å². The predicted octanol–water partition coefficient (Wildman–Crippen LogP) is 1.28. The van der Waals surface area contributed by atoms with Crippen molar-refractivity contribution in [3.05, 3.63) is 24.0 Å². The van der Waals surface area contributed by atoms with Gasteiger partial charge in [-0.15, -0.1) is 0 Å². The van der Waals surface area contributed by atoms with Gasteiger partial charge in [0.25, 0.3) is 0 Å². The van der Waals surface area contributed by atoms with Crippen molar-refractivity contribution in [3.8, 4) is 0 Å². The summed E-state index contributed by atoms with van der Waals surface area (Å²) in [5, 5.41) is 4.20. The fourth-order valence-electron chi connectivity index (χ4n) is 2.09. The van der Waals surface area contributed by atoms with Gasteiger partial charge < -0.3 is 9.64 Å². The highest BCUT2D eigenvalue weighted by Crippen LogP contribution is 2.18. The Kier molecular flexibility index (Phi) is 3.69. The highest BCUT2D eigenvalue weighted by Gasteiger charge is 2.17. The average molecular weight is 262 g/mol. The van der Waals surface area contributed by atoms with Crippen molar-refractivity contribution in [2.75, 3.05) is 25.6 Å². The van der Waals surface area contributed by atoms with Gasteiger partial charge in [-0.1, -0.05) is 6.92 Å². The van der Waals surface area contributed by atoms with Crippen LogP contribution in [0.15, 0.2) is 18.5 Å². The maximum absolute atomic E-state index is 11.5. The highest BCUT2D eigenvalue weighted by molar-refractivity contribution is 5.72. The molecule has 0 aromatic carbocycles. The number of hydrogen-bond acceptors (Lipinski definition) is 5. The third-order valence-electron chi connectivity index (χ3n) is 3.05. The maximum atomic E-state index is 11.5. The van der Waals surface area contributed by atoms with Crippen LogP contribution in [0.5, 0.6) is 0 Å². The lowest BCUT2D eigenvalue weighted by atomic mass is 10.1. The molecule has 19 heavy (non-hydrogen) atoms. The molecule has 2 heterocycles. The number of rotatable bonds is 4. The second kappa shape index (κ2) is 5.26. The molecule has 0 saturated carbocycles. The summed E-state index contributed by atoms with van der Waals surface area (Å²) in [6.07, 6.45) is 1.52. The molecule has 2 rings (SSSR count). The van der Waals surface area contributed by atoms with E-state index in [1.54, 1.807) is 4.52 Å². The summed E-state index contributed by atoms with van der Waals surface area (Å²) in [6.45, 7) is 4.41. The third kappa shape index (κ3) is 2.67. The molecular formula is C13H18N4O2. The van der Waals surface area contributed by atoms with Gasteiger partial charge in [-0.05, 0) is 24.6 Å². The summed E-state index contributed by atoms with van der Waals surface area (Å²) in [6, 6.07) is 3.99. The lowest BCUT2D eigenvalue weighted by Gasteiger charge is -2.22. The molecule has 0 radical (unpaired) electrons. The fraction of sp³-hybridized carbons (Fsp3) is 0.462. The molecule has 2 aromatic rings. The molecule has 1 atom stereocenters. The van der Waals surface area contributed by atoms with Crippen LogP contribution in [-0.4, -0.2) is 41.3 Å². The Balaban J connectivity index is 2.28. The first-order valence-electron chi connectivity index (χ1n) is 6.12. The van der Waals surface area contributed by atoms with E-state index >= 15 is 0 Å². The predicted molar refractivity (Wildman–Crippen MR) is 72.2 cm³/mol. The van der Waals surface area contributed by atoms with E-state index in [4.69, 9.17) is 4.74 Å². The number of carbonyl (C=O) groups is 1. The average Bonchev–Trinajstić information content (AvgIpc) is 2.84. The van der Waals surface area contributed by atoms with Crippen molar-refractivity contribution < 1.29 is 9.53 Å². The number of anilines is 1. The molecule has 6 nitrogen and oxygen atoms in total. The first kappa shape index (κ1) is 13.3. The number of nitrogens with zero attached hydrogens (tertiary/aromatic N) is 4. The van der Waals surface area contributed by atoms with Gasteiger partial charge in [0.15, 0.2) is 5.65 Å². The zero-order valence-electron chi connectivity index (χ0n) is 11.6. The number of esters is 1. The minimum atomic E-state index is -0.214. The van der Waals surface area contributed by atoms with Crippen LogP contribution >= 0.6 is 0 Å². The molecule has 0 aliphatic carbocycles. The molecule has 6 heteroatoms. The monoisotopic (exact) mass is 262 g/mol. The zero-order chi connectivity index (χ0) is 14.0. The lowest BCUT2D eigenvalue weighted by Crippen LogP contribution is -2.30. The number of ether oxygens (including phenoxy) is 1. The Bertz CT molecular complexity index is 593. The van der Waals surface area contributed by atoms with E-state index in [9.17, 15) is 4.79 Å². The normalized spacial score (nSPS) is 12.4. The van der Waals surface area contributed by atoms with Crippen molar-refractivity contribution in [2.45, 2.75) is 13.8 Å². The minimum Gasteiger partial charge on any atom is -0.469 e. The topological polar surface area (TPSA) is 59.7 Å². The van der Waals surface area contributed by atoms with E-state index in [0.717, 1.165) is 17.0 Å². The Morgan fingerprint density at radius 1 is 1.53 bits per heavy atom. The van der Waals surface area contributed by atoms with Gasteiger partial charge in [-0.2, -0.15) is 9.61 Å². The van der Waals surface area contributed by atoms with Crippen LogP contribution in [0, 0.1) is 12.8 Å². The summed E-state index contributed by atoms with van der Waals surface area (Å²) in [5.74, 6) is 0.492. The molecular weight excluding hydrogens is 244 g/mol. The quantitative estimate of drug-likeness (QED) is 0.777. The van der Waals surface area contributed by atoms with Gasteiger partial charge in [-0.25, -0.2) is 4.98 Å². The fourth-order valence-corrected chi connectivity index (χ4v) is 2.09. The summed E-state index contributed by atoms with van der Waals surface area (Å²) < 4.78 is 6.51. The molecule has 0 fully saturated rings. The molecule has 0 amide bonds. The second-order valence-corrected chi connectivity index (χ2v) is 4.73. The Hall–Kier alpha value is -2.11. The van der Waals surface area contributed by atoms with Crippen LogP contribution in [0.25, 0.3) is 5.65 Å². The van der Waals surface area contributed by atoms with Crippen LogP contribution in [0.3, 0.4) is 0 Å². The SMILES string of the molecule is COC(=O)C(C)CN(C)c1cc(C)cc2ncnn12. The van der Waals surface area contributed by atoms with Crippen LogP contribution in [0.1, 0.15) is 12.5 Å². The van der Waals surface area contributed by atoms with Gasteiger partial charge in [-0.3, -0.25) is 4.79 Å². The van der Waals surface area contributed by atoms with E-state index in [1.807, 2.05) is 37.9 Å². The molecule has 102 valence electrons. The number of fused-ring (bicyclic) bond motifs is 1. The summed E-state index contributed by atoms with van der Waals surface area (Å²) in [5.41, 5.74) is 1.90. The van der Waals surface area contributed by atoms with Crippen molar-refractivity contribution in [1.82, 2.24) is 14.6 Å². The Morgan fingerprint density at radius 2 is 2.26 bits per heavy atom. The molecule has 0 bridgehead atoms. The van der Waals surface area contributed by atoms with Crippen molar-refractivity contribution in [3.63, 3.8) is 0 Å². The minimum absolute atomic E-state index is 0.200. The van der Waals surface area contributed by atoms with E-state index < -0.39 is 0 Å². The first-order valence-corrected chi connectivity index (χ1v) is 6.12. The molecule has 0 aliphatic heterocycles. The van der Waals surface area contributed by atoms with E-state index in [-0.39, 0.29) is 11.9 Å². The summed E-state index contributed by atoms with van der Waals surface area (Å²) in [4.78, 5) is 17.6. The maximum Gasteiger partial charge on any atom is 0.310 e. The Labute approximate surface area is 112 Å². The first-order chi connectivity index (χ1) is 9.02. The number of aromatic nitrogens is 3. The third-order valence-corrected chi connectivity index (χ3v) is 3.05. The van der Waals surface area contributed by atoms with Crippen LogP contribution in [0.4, 0.5) is 5.82 Å². The summed E-state index contributed by atoms with van der Waals surface area (Å²) in [7, 11) is 3.33. The van der Waals surface area contributed by atoms with Crippen molar-refractivity contribution >= 4 is 17.4 Å². The van der Waals surface area contributed by atoms with Crippen LogP contribution in [-0.2, 0) is 9.53 Å². The number of methoxy groups -OCH3 is 1. The Morgan fingerprint density at radius 3 is 2.95 bits per heavy atom. The standard InChI is InChI=1S/C13H18N4O2/c1-9-5-11-14-8-15-17(11)12(6-9)16(3)7-10(2)13(18)19-4/h5-6,8,10H,7H2,1-4H3. The molecule has 0 spiro atoms. The van der Waals surface area contributed by atoms with Gasteiger partial charge in [0.05, 0.1) is 13.0 Å². The van der Waals surface area contributed by atoms with Crippen LogP contribution < -0.4 is 4.90 Å². The molecule has 2 aromatic heterocycles. The number of pyridine rings is 1. The second-order valence-electron chi connectivity index (χ2n) is 4.73.